The zero-order valence-corrected chi connectivity index (χ0v) is 10.8. The van der Waals surface area contributed by atoms with Crippen LogP contribution in [0, 0.1) is 18.6 Å². The van der Waals surface area contributed by atoms with Crippen LogP contribution >= 0.6 is 0 Å². The van der Waals surface area contributed by atoms with Gasteiger partial charge in [-0.3, -0.25) is 4.72 Å². The van der Waals surface area contributed by atoms with Crippen molar-refractivity contribution in [2.45, 2.75) is 11.8 Å². The first-order valence-electron chi connectivity index (χ1n) is 5.43. The summed E-state index contributed by atoms with van der Waals surface area (Å²) in [7, 11) is -3.93. The van der Waals surface area contributed by atoms with E-state index in [9.17, 15) is 17.2 Å². The molecule has 0 amide bonds. The molecule has 0 radical (unpaired) electrons. The number of aryl methyl sites for hydroxylation is 1. The van der Waals surface area contributed by atoms with Crippen LogP contribution in [0.4, 0.5) is 14.5 Å². The highest BCUT2D eigenvalue weighted by molar-refractivity contribution is 7.92. The van der Waals surface area contributed by atoms with Gasteiger partial charge in [-0.1, -0.05) is 17.7 Å². The van der Waals surface area contributed by atoms with Gasteiger partial charge in [0.2, 0.25) is 0 Å². The minimum Gasteiger partial charge on any atom is -0.277 e. The van der Waals surface area contributed by atoms with Crippen LogP contribution in [0.2, 0.25) is 0 Å². The number of sulfonamides is 1. The number of benzene rings is 2. The predicted molar refractivity (Wildman–Crippen MR) is 68.3 cm³/mol. The van der Waals surface area contributed by atoms with E-state index in [1.807, 2.05) is 11.6 Å². The first-order valence-corrected chi connectivity index (χ1v) is 6.91. The Hall–Kier alpha value is -1.95. The third-order valence-electron chi connectivity index (χ3n) is 2.50. The van der Waals surface area contributed by atoms with Gasteiger partial charge in [0.1, 0.15) is 11.6 Å². The number of halogens is 2. The van der Waals surface area contributed by atoms with Gasteiger partial charge in [-0.2, -0.15) is 0 Å². The quantitative estimate of drug-likeness (QED) is 0.941. The Morgan fingerprint density at radius 3 is 2.26 bits per heavy atom. The molecular formula is C13H11F2NO2S. The molecule has 3 nitrogen and oxygen atoms in total. The van der Waals surface area contributed by atoms with E-state index in [4.69, 9.17) is 0 Å². The summed E-state index contributed by atoms with van der Waals surface area (Å²) in [6.07, 6.45) is 0. The molecular weight excluding hydrogens is 272 g/mol. The first kappa shape index (κ1) is 13.5. The summed E-state index contributed by atoms with van der Waals surface area (Å²) < 4.78 is 52.3. The average Bonchev–Trinajstić information content (AvgIpc) is 2.34. The molecule has 0 bridgehead atoms. The molecule has 0 aliphatic carbocycles. The van der Waals surface area contributed by atoms with Gasteiger partial charge in [0.25, 0.3) is 10.0 Å². The lowest BCUT2D eigenvalue weighted by Gasteiger charge is -2.09. The van der Waals surface area contributed by atoms with E-state index >= 15 is 0 Å². The zero-order chi connectivity index (χ0) is 14.0. The molecule has 6 heteroatoms. The Kier molecular flexibility index (Phi) is 3.53. The van der Waals surface area contributed by atoms with Crippen molar-refractivity contribution in [1.29, 1.82) is 0 Å². The second-order valence-electron chi connectivity index (χ2n) is 4.04. The SMILES string of the molecule is Cc1ccc(S(=O)(=O)Nc2cc(F)ccc2F)cc1. The minimum atomic E-state index is -3.93. The predicted octanol–water partition coefficient (Wildman–Crippen LogP) is 3.07. The molecule has 0 saturated carbocycles. The van der Waals surface area contributed by atoms with Gasteiger partial charge >= 0.3 is 0 Å². The standard InChI is InChI=1S/C13H11F2NO2S/c1-9-2-5-11(6-3-9)19(17,18)16-13-8-10(14)4-7-12(13)15/h2-8,16H,1H3. The number of hydrogen-bond donors (Lipinski definition) is 1. The van der Waals surface area contributed by atoms with E-state index in [2.05, 4.69) is 0 Å². The van der Waals surface area contributed by atoms with Crippen LogP contribution in [0.1, 0.15) is 5.56 Å². The van der Waals surface area contributed by atoms with Crippen LogP contribution in [0.3, 0.4) is 0 Å². The molecule has 100 valence electrons. The Labute approximate surface area is 109 Å². The molecule has 19 heavy (non-hydrogen) atoms. The van der Waals surface area contributed by atoms with Crippen LogP contribution in [0.15, 0.2) is 47.4 Å². The highest BCUT2D eigenvalue weighted by Crippen LogP contribution is 2.20. The summed E-state index contributed by atoms with van der Waals surface area (Å²) in [5.41, 5.74) is 0.483. The van der Waals surface area contributed by atoms with Gasteiger partial charge in [0, 0.05) is 6.07 Å². The Balaban J connectivity index is 2.36. The van der Waals surface area contributed by atoms with Crippen molar-refractivity contribution in [2.75, 3.05) is 4.72 Å². The maximum absolute atomic E-state index is 13.4. The molecule has 1 N–H and O–H groups in total. The topological polar surface area (TPSA) is 46.2 Å². The van der Waals surface area contributed by atoms with E-state index in [0.29, 0.717) is 0 Å². The summed E-state index contributed by atoms with van der Waals surface area (Å²) in [6, 6.07) is 8.61. The minimum absolute atomic E-state index is 0.0123. The molecule has 0 aromatic heterocycles. The summed E-state index contributed by atoms with van der Waals surface area (Å²) in [5, 5.41) is 0. The fourth-order valence-corrected chi connectivity index (χ4v) is 2.55. The molecule has 0 fully saturated rings. The smallest absolute Gasteiger partial charge is 0.261 e. The molecule has 2 aromatic carbocycles. The zero-order valence-electron chi connectivity index (χ0n) is 10.0. The Bertz CT molecular complexity index is 697. The van der Waals surface area contributed by atoms with Gasteiger partial charge in [0.15, 0.2) is 0 Å². The van der Waals surface area contributed by atoms with Crippen LogP contribution in [0.25, 0.3) is 0 Å². The maximum Gasteiger partial charge on any atom is 0.261 e. The van der Waals surface area contributed by atoms with Gasteiger partial charge in [-0.15, -0.1) is 0 Å². The highest BCUT2D eigenvalue weighted by Gasteiger charge is 2.16. The van der Waals surface area contributed by atoms with E-state index in [-0.39, 0.29) is 4.90 Å². The lowest BCUT2D eigenvalue weighted by Crippen LogP contribution is -2.14. The number of nitrogens with one attached hydrogen (secondary N) is 1. The normalized spacial score (nSPS) is 11.3. The van der Waals surface area contributed by atoms with E-state index in [1.165, 1.54) is 12.1 Å². The lowest BCUT2D eigenvalue weighted by atomic mass is 10.2. The molecule has 0 unspecified atom stereocenters. The number of rotatable bonds is 3. The molecule has 2 aromatic rings. The van der Waals surface area contributed by atoms with Crippen molar-refractivity contribution in [1.82, 2.24) is 0 Å². The summed E-state index contributed by atoms with van der Waals surface area (Å²) >= 11 is 0. The molecule has 0 aliphatic rings. The Morgan fingerprint density at radius 2 is 1.63 bits per heavy atom. The number of anilines is 1. The summed E-state index contributed by atoms with van der Waals surface area (Å²) in [6.45, 7) is 1.82. The highest BCUT2D eigenvalue weighted by atomic mass is 32.2. The molecule has 0 atom stereocenters. The molecule has 0 aliphatic heterocycles. The van der Waals surface area contributed by atoms with Crippen molar-refractivity contribution < 1.29 is 17.2 Å². The van der Waals surface area contributed by atoms with Crippen LogP contribution < -0.4 is 4.72 Å². The average molecular weight is 283 g/mol. The van der Waals surface area contributed by atoms with Crippen molar-refractivity contribution in [2.24, 2.45) is 0 Å². The van der Waals surface area contributed by atoms with Crippen LogP contribution in [0.5, 0.6) is 0 Å². The van der Waals surface area contributed by atoms with Crippen molar-refractivity contribution in [3.63, 3.8) is 0 Å². The van der Waals surface area contributed by atoms with Crippen molar-refractivity contribution >= 4 is 15.7 Å². The Morgan fingerprint density at radius 1 is 1.00 bits per heavy atom. The monoisotopic (exact) mass is 283 g/mol. The fraction of sp³-hybridized carbons (Fsp3) is 0.0769. The van der Waals surface area contributed by atoms with E-state index in [0.717, 1.165) is 23.8 Å². The van der Waals surface area contributed by atoms with E-state index in [1.54, 1.807) is 12.1 Å². The molecule has 0 spiro atoms. The molecule has 0 heterocycles. The van der Waals surface area contributed by atoms with Gasteiger partial charge in [-0.05, 0) is 31.2 Å². The van der Waals surface area contributed by atoms with Crippen LogP contribution in [-0.4, -0.2) is 8.42 Å². The largest absolute Gasteiger partial charge is 0.277 e. The fourth-order valence-electron chi connectivity index (χ4n) is 1.50. The van der Waals surface area contributed by atoms with Crippen LogP contribution in [-0.2, 0) is 10.0 Å². The molecule has 2 rings (SSSR count). The van der Waals surface area contributed by atoms with E-state index < -0.39 is 27.3 Å². The lowest BCUT2D eigenvalue weighted by molar-refractivity contribution is 0.594. The second-order valence-corrected chi connectivity index (χ2v) is 5.73. The van der Waals surface area contributed by atoms with Gasteiger partial charge in [0.05, 0.1) is 10.6 Å². The third kappa shape index (κ3) is 3.08. The number of hydrogen-bond acceptors (Lipinski definition) is 2. The van der Waals surface area contributed by atoms with Crippen molar-refractivity contribution in [3.8, 4) is 0 Å². The summed E-state index contributed by atoms with van der Waals surface area (Å²) in [4.78, 5) is -0.0123. The van der Waals surface area contributed by atoms with Gasteiger partial charge < -0.3 is 0 Å². The summed E-state index contributed by atoms with van der Waals surface area (Å²) in [5.74, 6) is -1.56. The second kappa shape index (κ2) is 4.97. The van der Waals surface area contributed by atoms with Gasteiger partial charge in [-0.25, -0.2) is 17.2 Å². The van der Waals surface area contributed by atoms with Crippen molar-refractivity contribution in [3.05, 3.63) is 59.7 Å². The maximum atomic E-state index is 13.4. The molecule has 0 saturated heterocycles. The first-order chi connectivity index (χ1) is 8.88. The third-order valence-corrected chi connectivity index (χ3v) is 3.89.